The van der Waals surface area contributed by atoms with Gasteiger partial charge in [-0.1, -0.05) is 66.7 Å². The molecule has 0 radical (unpaired) electrons. The van der Waals surface area contributed by atoms with Crippen LogP contribution in [-0.4, -0.2) is 31.2 Å². The molecule has 3 aromatic rings. The first kappa shape index (κ1) is 17.7. The summed E-state index contributed by atoms with van der Waals surface area (Å²) in [5, 5.41) is 3.90. The van der Waals surface area contributed by atoms with Crippen LogP contribution in [0.5, 0.6) is 0 Å². The van der Waals surface area contributed by atoms with E-state index < -0.39 is 7.14 Å². The number of rotatable bonds is 5. The predicted octanol–water partition coefficient (Wildman–Crippen LogP) is 4.09. The Kier molecular flexibility index (Phi) is 5.37. The maximum Gasteiger partial charge on any atom is 0.164 e. The molecule has 0 bridgehead atoms. The van der Waals surface area contributed by atoms with Crippen molar-refractivity contribution in [3.8, 4) is 0 Å². The molecule has 2 aromatic carbocycles. The second-order valence-corrected chi connectivity index (χ2v) is 10.2. The molecule has 0 spiro atoms. The highest BCUT2D eigenvalue weighted by atomic mass is 32.1. The molecule has 1 atom stereocenters. The van der Waals surface area contributed by atoms with Gasteiger partial charge in [-0.3, -0.25) is 4.90 Å². The van der Waals surface area contributed by atoms with Gasteiger partial charge in [0.25, 0.3) is 0 Å². The Morgan fingerprint density at radius 3 is 1.92 bits per heavy atom. The molecular weight excluding hydrogens is 361 g/mol. The second kappa shape index (κ2) is 7.89. The fourth-order valence-electron chi connectivity index (χ4n) is 3.58. The normalized spacial score (nSPS) is 17.1. The van der Waals surface area contributed by atoms with Crippen molar-refractivity contribution in [1.82, 2.24) is 4.90 Å². The molecule has 0 N–H and O–H groups in total. The van der Waals surface area contributed by atoms with Gasteiger partial charge in [0.1, 0.15) is 5.78 Å². The summed E-state index contributed by atoms with van der Waals surface area (Å²) in [5.74, 6) is -0.156. The van der Waals surface area contributed by atoms with Crippen molar-refractivity contribution in [2.24, 2.45) is 0 Å². The highest BCUT2D eigenvalue weighted by Gasteiger charge is 2.42. The Bertz CT molecular complexity index is 818. The van der Waals surface area contributed by atoms with Crippen LogP contribution in [0.2, 0.25) is 0 Å². The standard InChI is InChI=1S/C21H22NO2PS/c23-25(18-8-3-1-4-9-18,19-10-5-2-6-11-19)21(20-12-7-17-26-20)22-13-15-24-16-14-22/h1-12,17,21H,13-16H2/t21-/m0/s1. The molecule has 4 rings (SSSR count). The summed E-state index contributed by atoms with van der Waals surface area (Å²) < 4.78 is 20.4. The van der Waals surface area contributed by atoms with Crippen molar-refractivity contribution in [2.45, 2.75) is 5.78 Å². The summed E-state index contributed by atoms with van der Waals surface area (Å²) in [5.41, 5.74) is 0. The van der Waals surface area contributed by atoms with E-state index in [-0.39, 0.29) is 5.78 Å². The molecule has 2 heterocycles. The van der Waals surface area contributed by atoms with Gasteiger partial charge in [-0.15, -0.1) is 11.3 Å². The maximum absolute atomic E-state index is 14.8. The van der Waals surface area contributed by atoms with Gasteiger partial charge in [-0.2, -0.15) is 0 Å². The number of morpholine rings is 1. The van der Waals surface area contributed by atoms with E-state index in [9.17, 15) is 4.57 Å². The third-order valence-electron chi connectivity index (χ3n) is 4.81. The van der Waals surface area contributed by atoms with E-state index in [1.54, 1.807) is 11.3 Å². The molecule has 1 fully saturated rings. The molecule has 0 unspecified atom stereocenters. The zero-order valence-electron chi connectivity index (χ0n) is 14.5. The van der Waals surface area contributed by atoms with Crippen LogP contribution in [0.1, 0.15) is 10.7 Å². The summed E-state index contributed by atoms with van der Waals surface area (Å²) in [4.78, 5) is 3.50. The van der Waals surface area contributed by atoms with Crippen molar-refractivity contribution >= 4 is 29.1 Å². The van der Waals surface area contributed by atoms with E-state index >= 15 is 0 Å². The number of benzene rings is 2. The third kappa shape index (κ3) is 3.30. The first-order valence-electron chi connectivity index (χ1n) is 8.86. The van der Waals surface area contributed by atoms with Crippen LogP contribution in [-0.2, 0) is 9.30 Å². The van der Waals surface area contributed by atoms with Crippen LogP contribution >= 0.6 is 18.5 Å². The van der Waals surface area contributed by atoms with Gasteiger partial charge in [0.2, 0.25) is 0 Å². The van der Waals surface area contributed by atoms with E-state index in [1.807, 2.05) is 66.7 Å². The molecule has 5 heteroatoms. The van der Waals surface area contributed by atoms with Crippen LogP contribution in [0.3, 0.4) is 0 Å². The summed E-state index contributed by atoms with van der Waals surface area (Å²) in [6.45, 7) is 2.97. The van der Waals surface area contributed by atoms with Crippen molar-refractivity contribution in [3.05, 3.63) is 83.1 Å². The number of nitrogens with zero attached hydrogens (tertiary/aromatic N) is 1. The second-order valence-electron chi connectivity index (χ2n) is 6.37. The molecule has 1 saturated heterocycles. The largest absolute Gasteiger partial charge is 0.379 e. The zero-order chi connectivity index (χ0) is 17.8. The number of hydrogen-bond donors (Lipinski definition) is 0. The molecule has 1 aliphatic rings. The lowest BCUT2D eigenvalue weighted by Gasteiger charge is -2.39. The first-order chi connectivity index (χ1) is 12.8. The Morgan fingerprint density at radius 1 is 0.846 bits per heavy atom. The van der Waals surface area contributed by atoms with Crippen molar-refractivity contribution < 1.29 is 9.30 Å². The fraction of sp³-hybridized carbons (Fsp3) is 0.238. The molecule has 26 heavy (non-hydrogen) atoms. The van der Waals surface area contributed by atoms with E-state index in [0.717, 1.165) is 28.6 Å². The molecule has 1 aromatic heterocycles. The number of ether oxygens (including phenoxy) is 1. The lowest BCUT2D eigenvalue weighted by Crippen LogP contribution is -2.41. The fourth-order valence-corrected chi connectivity index (χ4v) is 8.18. The van der Waals surface area contributed by atoms with Crippen LogP contribution in [0.15, 0.2) is 78.2 Å². The van der Waals surface area contributed by atoms with Crippen molar-refractivity contribution in [1.29, 1.82) is 0 Å². The number of thiophene rings is 1. The average molecular weight is 383 g/mol. The quantitative estimate of drug-likeness (QED) is 0.622. The summed E-state index contributed by atoms with van der Waals surface area (Å²) in [7, 11) is -2.91. The van der Waals surface area contributed by atoms with Crippen LogP contribution in [0, 0.1) is 0 Å². The predicted molar refractivity (Wildman–Crippen MR) is 109 cm³/mol. The maximum atomic E-state index is 14.8. The Labute approximate surface area is 158 Å². The monoisotopic (exact) mass is 383 g/mol. The van der Waals surface area contributed by atoms with Gasteiger partial charge in [0.15, 0.2) is 7.14 Å². The lowest BCUT2D eigenvalue weighted by molar-refractivity contribution is 0.0313. The van der Waals surface area contributed by atoms with Crippen molar-refractivity contribution in [3.63, 3.8) is 0 Å². The summed E-state index contributed by atoms with van der Waals surface area (Å²) >= 11 is 1.69. The van der Waals surface area contributed by atoms with E-state index in [1.165, 1.54) is 0 Å². The van der Waals surface area contributed by atoms with Gasteiger partial charge in [-0.25, -0.2) is 0 Å². The van der Waals surface area contributed by atoms with E-state index in [2.05, 4.69) is 16.3 Å². The molecule has 0 saturated carbocycles. The lowest BCUT2D eigenvalue weighted by atomic mass is 10.3. The van der Waals surface area contributed by atoms with Gasteiger partial charge >= 0.3 is 0 Å². The number of hydrogen-bond acceptors (Lipinski definition) is 4. The highest BCUT2D eigenvalue weighted by molar-refractivity contribution is 7.79. The van der Waals surface area contributed by atoms with E-state index in [4.69, 9.17) is 4.74 Å². The average Bonchev–Trinajstić information content (AvgIpc) is 3.24. The Morgan fingerprint density at radius 2 is 1.42 bits per heavy atom. The molecule has 3 nitrogen and oxygen atoms in total. The van der Waals surface area contributed by atoms with Crippen LogP contribution < -0.4 is 10.6 Å². The highest BCUT2D eigenvalue weighted by Crippen LogP contribution is 2.59. The minimum atomic E-state index is -2.91. The Hall–Kier alpha value is -1.71. The molecule has 0 aliphatic carbocycles. The molecule has 134 valence electrons. The van der Waals surface area contributed by atoms with E-state index in [0.29, 0.717) is 13.2 Å². The van der Waals surface area contributed by atoms with Gasteiger partial charge in [0, 0.05) is 28.6 Å². The third-order valence-corrected chi connectivity index (χ3v) is 9.34. The van der Waals surface area contributed by atoms with Gasteiger partial charge in [0.05, 0.1) is 13.2 Å². The summed E-state index contributed by atoms with van der Waals surface area (Å²) in [6, 6.07) is 24.1. The SMILES string of the molecule is O=P(c1ccccc1)(c1ccccc1)[C@@H](c1cccs1)N1CCOCC1. The van der Waals surface area contributed by atoms with Gasteiger partial charge in [-0.05, 0) is 11.4 Å². The van der Waals surface area contributed by atoms with Crippen LogP contribution in [0.25, 0.3) is 0 Å². The zero-order valence-corrected chi connectivity index (χ0v) is 16.2. The minimum Gasteiger partial charge on any atom is -0.379 e. The smallest absolute Gasteiger partial charge is 0.164 e. The molecule has 1 aliphatic heterocycles. The topological polar surface area (TPSA) is 29.5 Å². The molecule has 0 amide bonds. The first-order valence-corrected chi connectivity index (χ1v) is 11.5. The molecular formula is C21H22NO2PS. The summed E-state index contributed by atoms with van der Waals surface area (Å²) in [6.07, 6.45) is 0. The van der Waals surface area contributed by atoms with Crippen molar-refractivity contribution in [2.75, 3.05) is 26.3 Å². The van der Waals surface area contributed by atoms with Crippen LogP contribution in [0.4, 0.5) is 0 Å². The Balaban J connectivity index is 1.91. The van der Waals surface area contributed by atoms with Gasteiger partial charge < -0.3 is 9.30 Å². The minimum absolute atomic E-state index is 0.156.